The Morgan fingerprint density at radius 3 is 2.29 bits per heavy atom. The van der Waals surface area contributed by atoms with Gasteiger partial charge in [-0.2, -0.15) is 5.26 Å². The molecule has 2 heterocycles. The zero-order valence-electron chi connectivity index (χ0n) is 18.5. The topological polar surface area (TPSA) is 113 Å². The van der Waals surface area contributed by atoms with Gasteiger partial charge in [-0.3, -0.25) is 14.4 Å². The summed E-state index contributed by atoms with van der Waals surface area (Å²) in [5.41, 5.74) is 7.73. The summed E-state index contributed by atoms with van der Waals surface area (Å²) in [6.45, 7) is -0.257. The molecule has 8 heteroatoms. The zero-order chi connectivity index (χ0) is 24.2. The summed E-state index contributed by atoms with van der Waals surface area (Å²) >= 11 is 1.31. The molecule has 172 valence electrons. The summed E-state index contributed by atoms with van der Waals surface area (Å²) in [5.74, 6) is -2.78. The first-order valence-electron chi connectivity index (χ1n) is 10.7. The highest BCUT2D eigenvalue weighted by molar-refractivity contribution is 7.12. The molecule has 4 atom stereocenters. The summed E-state index contributed by atoms with van der Waals surface area (Å²) in [5, 5.41) is 11.0. The molecule has 4 unspecified atom stereocenters. The number of Topliss-reactive ketones (excluding diaryl/α,β-unsaturated/α-hetero) is 1. The van der Waals surface area contributed by atoms with E-state index in [9.17, 15) is 19.6 Å². The summed E-state index contributed by atoms with van der Waals surface area (Å²) in [7, 11) is 1.40. The maximum absolute atomic E-state index is 13.9. The van der Waals surface area contributed by atoms with Crippen molar-refractivity contribution in [3.63, 3.8) is 0 Å². The van der Waals surface area contributed by atoms with Gasteiger partial charge in [0.2, 0.25) is 11.8 Å². The van der Waals surface area contributed by atoms with Crippen molar-refractivity contribution in [2.75, 3.05) is 13.7 Å². The number of methoxy groups -OCH3 is 1. The summed E-state index contributed by atoms with van der Waals surface area (Å²) < 4.78 is 5.11. The standard InChI is InChI=1S/C26H23N3O4S/c1-33-15-20(30)29-23(18-6-3-2-4-7-18)22(25(31)19-8-5-13-34-19)21(24(29)26(28)32)17-11-9-16(14-27)10-12-17/h2-13,21-24H,15H2,1H3,(H2,28,32). The number of amides is 2. The fourth-order valence-electron chi connectivity index (χ4n) is 4.81. The molecule has 0 bridgehead atoms. The summed E-state index contributed by atoms with van der Waals surface area (Å²) in [6.07, 6.45) is 0. The van der Waals surface area contributed by atoms with E-state index >= 15 is 0 Å². The van der Waals surface area contributed by atoms with Gasteiger partial charge in [0, 0.05) is 13.0 Å². The number of thiophene rings is 1. The average molecular weight is 474 g/mol. The van der Waals surface area contributed by atoms with Crippen molar-refractivity contribution >= 4 is 28.9 Å². The molecule has 0 saturated carbocycles. The number of ether oxygens (including phenoxy) is 1. The van der Waals surface area contributed by atoms with Gasteiger partial charge in [-0.1, -0.05) is 48.5 Å². The highest BCUT2D eigenvalue weighted by Gasteiger charge is 2.56. The van der Waals surface area contributed by atoms with Crippen molar-refractivity contribution in [1.82, 2.24) is 4.90 Å². The van der Waals surface area contributed by atoms with Crippen molar-refractivity contribution in [3.05, 3.63) is 93.7 Å². The molecular weight excluding hydrogens is 450 g/mol. The molecule has 1 saturated heterocycles. The molecule has 0 radical (unpaired) electrons. The number of hydrogen-bond acceptors (Lipinski definition) is 6. The fraction of sp³-hybridized carbons (Fsp3) is 0.231. The lowest BCUT2D eigenvalue weighted by atomic mass is 9.77. The maximum Gasteiger partial charge on any atom is 0.249 e. The van der Waals surface area contributed by atoms with Crippen LogP contribution in [0.1, 0.15) is 38.3 Å². The van der Waals surface area contributed by atoms with E-state index in [0.717, 1.165) is 5.56 Å². The molecule has 4 rings (SSSR count). The molecular formula is C26H23N3O4S. The first kappa shape index (κ1) is 23.4. The second-order valence-electron chi connectivity index (χ2n) is 8.06. The van der Waals surface area contributed by atoms with Gasteiger partial charge in [0.25, 0.3) is 0 Å². The Morgan fingerprint density at radius 2 is 1.74 bits per heavy atom. The van der Waals surface area contributed by atoms with Crippen LogP contribution in [0.2, 0.25) is 0 Å². The maximum atomic E-state index is 13.9. The number of nitrogens with zero attached hydrogens (tertiary/aromatic N) is 2. The van der Waals surface area contributed by atoms with Crippen LogP contribution in [0, 0.1) is 17.2 Å². The molecule has 0 aliphatic carbocycles. The Morgan fingerprint density at radius 1 is 1.03 bits per heavy atom. The molecule has 2 N–H and O–H groups in total. The van der Waals surface area contributed by atoms with Gasteiger partial charge in [-0.05, 0) is 34.7 Å². The van der Waals surface area contributed by atoms with Crippen LogP contribution >= 0.6 is 11.3 Å². The Labute approximate surface area is 201 Å². The minimum Gasteiger partial charge on any atom is -0.375 e. The number of benzene rings is 2. The van der Waals surface area contributed by atoms with E-state index in [1.54, 1.807) is 36.4 Å². The molecule has 1 aliphatic rings. The first-order chi connectivity index (χ1) is 16.5. The second kappa shape index (κ2) is 10.00. The SMILES string of the molecule is COCC(=O)N1C(C(N)=O)C(c2ccc(C#N)cc2)C(C(=O)c2cccs2)C1c1ccccc1. The van der Waals surface area contributed by atoms with Crippen molar-refractivity contribution in [1.29, 1.82) is 5.26 Å². The zero-order valence-corrected chi connectivity index (χ0v) is 19.3. The van der Waals surface area contributed by atoms with E-state index in [1.165, 1.54) is 23.3 Å². The number of likely N-dealkylation sites (tertiary alicyclic amines) is 1. The molecule has 34 heavy (non-hydrogen) atoms. The lowest BCUT2D eigenvalue weighted by molar-refractivity contribution is -0.143. The molecule has 7 nitrogen and oxygen atoms in total. The molecule has 1 fully saturated rings. The summed E-state index contributed by atoms with van der Waals surface area (Å²) in [6, 6.07) is 19.7. The van der Waals surface area contributed by atoms with Crippen LogP contribution in [0.5, 0.6) is 0 Å². The van der Waals surface area contributed by atoms with E-state index < -0.39 is 35.7 Å². The van der Waals surface area contributed by atoms with Gasteiger partial charge in [0.05, 0.1) is 28.5 Å². The van der Waals surface area contributed by atoms with Gasteiger partial charge in [0.15, 0.2) is 5.78 Å². The van der Waals surface area contributed by atoms with Gasteiger partial charge >= 0.3 is 0 Å². The second-order valence-corrected chi connectivity index (χ2v) is 9.01. The van der Waals surface area contributed by atoms with Crippen LogP contribution in [-0.4, -0.2) is 42.3 Å². The van der Waals surface area contributed by atoms with E-state index in [-0.39, 0.29) is 12.4 Å². The van der Waals surface area contributed by atoms with Crippen LogP contribution in [0.4, 0.5) is 0 Å². The number of hydrogen-bond donors (Lipinski definition) is 1. The number of carbonyl (C=O) groups is 3. The number of carbonyl (C=O) groups excluding carboxylic acids is 3. The van der Waals surface area contributed by atoms with Crippen molar-refractivity contribution in [3.8, 4) is 6.07 Å². The summed E-state index contributed by atoms with van der Waals surface area (Å²) in [4.78, 5) is 42.1. The predicted octanol–water partition coefficient (Wildman–Crippen LogP) is 3.29. The molecule has 1 aromatic heterocycles. The molecule has 0 spiro atoms. The first-order valence-corrected chi connectivity index (χ1v) is 11.6. The minimum absolute atomic E-state index is 0.169. The van der Waals surface area contributed by atoms with E-state index in [2.05, 4.69) is 6.07 Å². The number of nitriles is 1. The van der Waals surface area contributed by atoms with Crippen molar-refractivity contribution in [2.45, 2.75) is 18.0 Å². The van der Waals surface area contributed by atoms with E-state index in [1.807, 2.05) is 35.7 Å². The Bertz CT molecular complexity index is 1220. The van der Waals surface area contributed by atoms with Gasteiger partial charge in [0.1, 0.15) is 12.6 Å². The smallest absolute Gasteiger partial charge is 0.249 e. The molecule has 3 aromatic rings. The lowest BCUT2D eigenvalue weighted by Gasteiger charge is -2.30. The van der Waals surface area contributed by atoms with Crippen LogP contribution in [0.3, 0.4) is 0 Å². The lowest BCUT2D eigenvalue weighted by Crippen LogP contribution is -2.47. The Hall–Kier alpha value is -3.80. The largest absolute Gasteiger partial charge is 0.375 e. The molecule has 2 amide bonds. The third-order valence-corrected chi connectivity index (χ3v) is 7.03. The predicted molar refractivity (Wildman–Crippen MR) is 127 cm³/mol. The normalized spacial score (nSPS) is 21.7. The monoisotopic (exact) mass is 473 g/mol. The number of nitrogens with two attached hydrogens (primary N) is 1. The van der Waals surface area contributed by atoms with Gasteiger partial charge in [-0.15, -0.1) is 11.3 Å². The van der Waals surface area contributed by atoms with Crippen molar-refractivity contribution < 1.29 is 19.1 Å². The number of primary amides is 1. The Balaban J connectivity index is 1.96. The average Bonchev–Trinajstić information content (AvgIpc) is 3.51. The van der Waals surface area contributed by atoms with E-state index in [4.69, 9.17) is 10.5 Å². The van der Waals surface area contributed by atoms with Crippen molar-refractivity contribution in [2.24, 2.45) is 11.7 Å². The van der Waals surface area contributed by atoms with Crippen LogP contribution in [0.15, 0.2) is 72.1 Å². The number of rotatable bonds is 7. The quantitative estimate of drug-likeness (QED) is 0.529. The highest BCUT2D eigenvalue weighted by atomic mass is 32.1. The van der Waals surface area contributed by atoms with Crippen LogP contribution in [0.25, 0.3) is 0 Å². The van der Waals surface area contributed by atoms with Crippen LogP contribution in [-0.2, 0) is 14.3 Å². The molecule has 2 aromatic carbocycles. The van der Waals surface area contributed by atoms with Crippen LogP contribution < -0.4 is 5.73 Å². The third-order valence-electron chi connectivity index (χ3n) is 6.15. The van der Waals surface area contributed by atoms with E-state index in [0.29, 0.717) is 16.0 Å². The highest BCUT2D eigenvalue weighted by Crippen LogP contribution is 2.51. The minimum atomic E-state index is -1.07. The third kappa shape index (κ3) is 4.23. The van der Waals surface area contributed by atoms with Gasteiger partial charge < -0.3 is 15.4 Å². The van der Waals surface area contributed by atoms with Gasteiger partial charge in [-0.25, -0.2) is 0 Å². The fourth-order valence-corrected chi connectivity index (χ4v) is 5.52. The Kier molecular flexibility index (Phi) is 6.87. The number of ketones is 1. The molecule has 1 aliphatic heterocycles.